The summed E-state index contributed by atoms with van der Waals surface area (Å²) in [5, 5.41) is 0. The maximum atomic E-state index is 13.0. The third-order valence-corrected chi connectivity index (χ3v) is 29.1. The van der Waals surface area contributed by atoms with E-state index in [2.05, 4.69) is 27.7 Å². The van der Waals surface area contributed by atoms with Gasteiger partial charge in [-0.2, -0.15) is 0 Å². The molecule has 0 aliphatic rings. The maximum absolute atomic E-state index is 13.0. The molecule has 0 aliphatic heterocycles. The molecule has 0 radical (unpaired) electrons. The molecule has 0 spiro atoms. The molecule has 0 heterocycles. The molecule has 0 aromatic heterocycles. The normalized spacial score (nSPS) is 12.6. The monoisotopic (exact) mass is 510 g/mol. The van der Waals surface area contributed by atoms with E-state index in [-0.39, 0.29) is 0 Å². The predicted molar refractivity (Wildman–Crippen MR) is 126 cm³/mol. The average molecular weight is 509 g/mol. The van der Waals surface area contributed by atoms with Crippen molar-refractivity contribution in [2.75, 3.05) is 9.52 Å². The second-order valence-corrected chi connectivity index (χ2v) is 26.4. The van der Waals surface area contributed by atoms with Crippen LogP contribution in [0.15, 0.2) is 0 Å². The number of hydrogen-bond acceptors (Lipinski definition) is 2. The van der Waals surface area contributed by atoms with E-state index in [0.717, 1.165) is 12.8 Å². The molecule has 4 heteroatoms. The molecule has 0 unspecified atom stereocenters. The molecular weight excluding hydrogens is 459 g/mol. The van der Waals surface area contributed by atoms with Gasteiger partial charge in [-0.1, -0.05) is 0 Å². The Kier molecular flexibility index (Phi) is 18.1. The van der Waals surface area contributed by atoms with E-state index in [0.29, 0.717) is 9.52 Å². The molecule has 0 amide bonds. The van der Waals surface area contributed by atoms with Crippen molar-refractivity contribution < 1.29 is 8.42 Å². The summed E-state index contributed by atoms with van der Waals surface area (Å²) in [5.41, 5.74) is 0. The second kappa shape index (κ2) is 17.6. The minimum absolute atomic E-state index is 0.463. The van der Waals surface area contributed by atoms with E-state index in [4.69, 9.17) is 0 Å². The van der Waals surface area contributed by atoms with Crippen molar-refractivity contribution in [3.8, 4) is 0 Å². The molecule has 0 fully saturated rings. The van der Waals surface area contributed by atoms with E-state index in [1.165, 1.54) is 90.4 Å². The summed E-state index contributed by atoms with van der Waals surface area (Å²) in [7, 11) is -2.84. The van der Waals surface area contributed by atoms with E-state index in [9.17, 15) is 8.42 Å². The summed E-state index contributed by atoms with van der Waals surface area (Å²) in [6, 6.07) is 0. The van der Waals surface area contributed by atoms with Crippen LogP contribution in [0.3, 0.4) is 0 Å². The molecule has 0 rings (SSSR count). The van der Waals surface area contributed by atoms with Gasteiger partial charge < -0.3 is 0 Å². The Hall–Kier alpha value is 0.749. The fourth-order valence-corrected chi connectivity index (χ4v) is 30.9. The second-order valence-electron chi connectivity index (χ2n) is 8.88. The van der Waals surface area contributed by atoms with Gasteiger partial charge in [-0.25, -0.2) is 0 Å². The zero-order valence-electron chi connectivity index (χ0n) is 19.2. The van der Waals surface area contributed by atoms with Gasteiger partial charge >= 0.3 is 177 Å². The standard InChI is InChI=1S/C11H23O2S.3C4H9.Sn/c1-3-4-5-6-7-8-9-10-11-14(2,12)13;3*1-3-4-2;/h2-11H2,1H3;3*1,3-4H2,2H3;. The van der Waals surface area contributed by atoms with Crippen molar-refractivity contribution in [2.45, 2.75) is 131 Å². The number of hydrogen-bond donors (Lipinski definition) is 0. The summed E-state index contributed by atoms with van der Waals surface area (Å²) in [6.07, 6.45) is 17.2. The SMILES string of the molecule is CCCCCCCCCCS(=O)(=O)[CH2][Sn]([CH2]CCC)([CH2]CCC)[CH2]CCC. The number of rotatable bonds is 20. The van der Waals surface area contributed by atoms with Crippen molar-refractivity contribution in [3.05, 3.63) is 0 Å². The average Bonchev–Trinajstić information content (AvgIpc) is 2.64. The molecule has 0 atom stereocenters. The quantitative estimate of drug-likeness (QED) is 0.123. The van der Waals surface area contributed by atoms with Gasteiger partial charge in [-0.3, -0.25) is 0 Å². The van der Waals surface area contributed by atoms with Crippen molar-refractivity contribution in [2.24, 2.45) is 0 Å². The van der Waals surface area contributed by atoms with Crippen LogP contribution in [-0.4, -0.2) is 36.3 Å². The van der Waals surface area contributed by atoms with Crippen LogP contribution in [0.2, 0.25) is 13.3 Å². The van der Waals surface area contributed by atoms with Crippen molar-refractivity contribution >= 4 is 28.2 Å². The van der Waals surface area contributed by atoms with Crippen LogP contribution in [0, 0.1) is 0 Å². The molecule has 0 aromatic carbocycles. The summed E-state index contributed by atoms with van der Waals surface area (Å²) in [5.74, 6) is 0.463. The Morgan fingerprint density at radius 3 is 1.30 bits per heavy atom. The molecule has 164 valence electrons. The molecular formula is C23H50O2SSn. The van der Waals surface area contributed by atoms with Gasteiger partial charge in [0.15, 0.2) is 0 Å². The summed E-state index contributed by atoms with van der Waals surface area (Å²) < 4.78 is 30.5. The van der Waals surface area contributed by atoms with Crippen molar-refractivity contribution in [1.82, 2.24) is 0 Å². The minimum atomic E-state index is -2.84. The Balaban J connectivity index is 4.55. The Bertz CT molecular complexity index is 398. The van der Waals surface area contributed by atoms with Crippen molar-refractivity contribution in [1.29, 1.82) is 0 Å². The molecule has 0 aromatic rings. The first-order valence-corrected chi connectivity index (χ1v) is 22.0. The van der Waals surface area contributed by atoms with Gasteiger partial charge in [0.2, 0.25) is 0 Å². The van der Waals surface area contributed by atoms with Gasteiger partial charge in [0, 0.05) is 0 Å². The molecule has 0 saturated carbocycles. The molecule has 0 aliphatic carbocycles. The molecule has 0 bridgehead atoms. The predicted octanol–water partition coefficient (Wildman–Crippen LogP) is 7.93. The van der Waals surface area contributed by atoms with Crippen LogP contribution in [-0.2, 0) is 9.84 Å². The van der Waals surface area contributed by atoms with Crippen LogP contribution in [0.5, 0.6) is 0 Å². The van der Waals surface area contributed by atoms with Crippen molar-refractivity contribution in [3.63, 3.8) is 0 Å². The zero-order chi connectivity index (χ0) is 20.4. The van der Waals surface area contributed by atoms with E-state index in [1.54, 1.807) is 0 Å². The van der Waals surface area contributed by atoms with Crippen LogP contribution in [0.1, 0.15) is 118 Å². The molecule has 27 heavy (non-hydrogen) atoms. The first-order valence-electron chi connectivity index (χ1n) is 12.2. The fourth-order valence-electron chi connectivity index (χ4n) is 4.24. The Labute approximate surface area is 176 Å². The number of sulfone groups is 1. The number of unbranched alkanes of at least 4 members (excludes halogenated alkanes) is 10. The van der Waals surface area contributed by atoms with Gasteiger partial charge in [0.05, 0.1) is 0 Å². The van der Waals surface area contributed by atoms with Gasteiger partial charge in [0.1, 0.15) is 0 Å². The van der Waals surface area contributed by atoms with Crippen LogP contribution in [0.25, 0.3) is 0 Å². The first-order chi connectivity index (χ1) is 12.9. The molecule has 2 nitrogen and oxygen atoms in total. The van der Waals surface area contributed by atoms with Gasteiger partial charge in [-0.05, 0) is 0 Å². The molecule has 0 saturated heterocycles. The zero-order valence-corrected chi connectivity index (χ0v) is 22.8. The van der Waals surface area contributed by atoms with E-state index >= 15 is 0 Å². The van der Waals surface area contributed by atoms with E-state index in [1.807, 2.05) is 0 Å². The third-order valence-electron chi connectivity index (χ3n) is 6.02. The Morgan fingerprint density at radius 1 is 0.519 bits per heavy atom. The van der Waals surface area contributed by atoms with E-state index < -0.39 is 28.2 Å². The summed E-state index contributed by atoms with van der Waals surface area (Å²) in [4.78, 5) is 0. The van der Waals surface area contributed by atoms with Gasteiger partial charge in [-0.15, -0.1) is 0 Å². The van der Waals surface area contributed by atoms with Crippen LogP contribution in [0.4, 0.5) is 0 Å². The van der Waals surface area contributed by atoms with Crippen LogP contribution >= 0.6 is 0 Å². The Morgan fingerprint density at radius 2 is 0.889 bits per heavy atom. The summed E-state index contributed by atoms with van der Waals surface area (Å²) in [6.45, 7) is 9.01. The molecule has 0 N–H and O–H groups in total. The topological polar surface area (TPSA) is 34.1 Å². The fraction of sp³-hybridized carbons (Fsp3) is 1.00. The van der Waals surface area contributed by atoms with Gasteiger partial charge in [0.25, 0.3) is 0 Å². The van der Waals surface area contributed by atoms with Crippen LogP contribution < -0.4 is 0 Å². The summed E-state index contributed by atoms with van der Waals surface area (Å²) >= 11 is -2.55. The first kappa shape index (κ1) is 27.7. The third kappa shape index (κ3) is 15.3.